The number of esters is 1. The molecular weight excluding hydrogens is 710 g/mol. The Morgan fingerprint density at radius 1 is 0.906 bits per heavy atom. The molecular formula is C39H66ClNO12. The van der Waals surface area contributed by atoms with E-state index in [-0.39, 0.29) is 42.5 Å². The van der Waals surface area contributed by atoms with E-state index in [1.807, 2.05) is 33.8 Å². The minimum atomic E-state index is -1.15. The molecule has 13 nitrogen and oxygen atoms in total. The third kappa shape index (κ3) is 12.2. The van der Waals surface area contributed by atoms with Gasteiger partial charge in [-0.15, -0.1) is 11.6 Å². The number of hydrogen-bond acceptors (Lipinski definition) is 13. The first-order chi connectivity index (χ1) is 25.1. The van der Waals surface area contributed by atoms with Gasteiger partial charge in [-0.2, -0.15) is 0 Å². The zero-order chi connectivity index (χ0) is 39.6. The highest BCUT2D eigenvalue weighted by Gasteiger charge is 2.47. The highest BCUT2D eigenvalue weighted by molar-refractivity contribution is 6.17. The summed E-state index contributed by atoms with van der Waals surface area (Å²) >= 11 is 6.33. The van der Waals surface area contributed by atoms with Crippen molar-refractivity contribution in [3.8, 4) is 0 Å². The second-order valence-electron chi connectivity index (χ2n) is 15.3. The molecule has 0 saturated carbocycles. The normalized spacial score (nSPS) is 42.9. The van der Waals surface area contributed by atoms with Gasteiger partial charge in [-0.25, -0.2) is 0 Å². The molecule has 0 bridgehead atoms. The Morgan fingerprint density at radius 2 is 1.55 bits per heavy atom. The van der Waals surface area contributed by atoms with Crippen LogP contribution < -0.4 is 0 Å². The van der Waals surface area contributed by atoms with Gasteiger partial charge in [-0.1, -0.05) is 38.5 Å². The lowest BCUT2D eigenvalue weighted by atomic mass is 9.80. The molecule has 3 aliphatic heterocycles. The fraction of sp³-hybridized carbons (Fsp3) is 0.846. The zero-order valence-electron chi connectivity index (χ0n) is 33.3. The number of rotatable bonds is 11. The molecule has 14 heteroatoms. The SMILES string of the molecule is CC[C@H]1OC(=O)CC[C@H](C)[C@@H](O[C@@H]2O[C@H](C)[C@@H](O)C(N(C)C)C2O)[C@@H](CCCl)C[C@@H](C)C(=O)/C=C/C(C)=C/[C@@H]1CO[C@@H]1OC(C)[C@@H](O)[C@H](OC)C1OC. The molecule has 3 heterocycles. The van der Waals surface area contributed by atoms with Crippen molar-refractivity contribution in [3.05, 3.63) is 23.8 Å². The van der Waals surface area contributed by atoms with E-state index < -0.39 is 79.5 Å². The Hall–Kier alpha value is -1.49. The Bertz CT molecular complexity index is 1200. The number of ether oxygens (including phenoxy) is 7. The van der Waals surface area contributed by atoms with Crippen molar-refractivity contribution in [2.24, 2.45) is 23.7 Å². The number of allylic oxidation sites excluding steroid dienone is 3. The number of methoxy groups -OCH3 is 2. The van der Waals surface area contributed by atoms with Crippen LogP contribution in [0.3, 0.4) is 0 Å². The standard InChI is InChI=1S/C39H66ClNO12/c1-11-29-27(20-49-39-37(48-10)36(47-9)33(45)25(6)51-39)18-21(2)12-14-28(42)23(4)19-26(16-17-40)35(22(3)13-15-30(43)52-29)53-38-34(46)31(41(7)8)32(44)24(5)50-38/h12,14,18,22-27,29,31-39,44-46H,11,13,15-17,19-20H2,1-10H3/b14-12+,21-18+/t22-,23+,24+,25?,26-,27+,29+,31?,32+,33+,34?,35+,36-,37?,38-,39+/m0/s1. The molecule has 0 spiro atoms. The van der Waals surface area contributed by atoms with Crippen LogP contribution in [-0.4, -0.2) is 146 Å². The number of halogens is 1. The Kier molecular flexibility index (Phi) is 18.8. The van der Waals surface area contributed by atoms with E-state index in [0.717, 1.165) is 5.57 Å². The van der Waals surface area contributed by atoms with Crippen LogP contribution in [0.15, 0.2) is 23.8 Å². The number of alkyl halides is 1. The summed E-state index contributed by atoms with van der Waals surface area (Å²) in [6.45, 7) is 11.2. The van der Waals surface area contributed by atoms with E-state index in [0.29, 0.717) is 31.6 Å². The number of aliphatic hydroxyl groups excluding tert-OH is 3. The Morgan fingerprint density at radius 3 is 2.15 bits per heavy atom. The first-order valence-electron chi connectivity index (χ1n) is 19.1. The van der Waals surface area contributed by atoms with Crippen LogP contribution in [0.1, 0.15) is 73.6 Å². The van der Waals surface area contributed by atoms with Crippen molar-refractivity contribution in [1.82, 2.24) is 4.90 Å². The van der Waals surface area contributed by atoms with Gasteiger partial charge >= 0.3 is 5.97 Å². The number of carbonyl (C=O) groups is 2. The van der Waals surface area contributed by atoms with Crippen LogP contribution in [0.2, 0.25) is 0 Å². The number of hydrogen-bond donors (Lipinski definition) is 3. The minimum Gasteiger partial charge on any atom is -0.462 e. The molecule has 2 fully saturated rings. The molecule has 0 aromatic heterocycles. The average Bonchev–Trinajstić information content (AvgIpc) is 3.11. The maximum absolute atomic E-state index is 13.5. The van der Waals surface area contributed by atoms with E-state index in [4.69, 9.17) is 44.8 Å². The summed E-state index contributed by atoms with van der Waals surface area (Å²) in [4.78, 5) is 28.8. The third-order valence-corrected chi connectivity index (χ3v) is 11.3. The minimum absolute atomic E-state index is 0.0582. The second-order valence-corrected chi connectivity index (χ2v) is 15.7. The average molecular weight is 776 g/mol. The molecule has 0 radical (unpaired) electrons. The largest absolute Gasteiger partial charge is 0.462 e. The van der Waals surface area contributed by atoms with E-state index >= 15 is 0 Å². The molecule has 3 aliphatic rings. The van der Waals surface area contributed by atoms with Crippen molar-refractivity contribution in [2.45, 2.75) is 147 Å². The van der Waals surface area contributed by atoms with Crippen LogP contribution in [-0.2, 0) is 42.7 Å². The van der Waals surface area contributed by atoms with Gasteiger partial charge in [-0.05, 0) is 78.5 Å². The molecule has 53 heavy (non-hydrogen) atoms. The monoisotopic (exact) mass is 775 g/mol. The predicted octanol–water partition coefficient (Wildman–Crippen LogP) is 3.63. The van der Waals surface area contributed by atoms with E-state index in [1.165, 1.54) is 14.2 Å². The first-order valence-corrected chi connectivity index (χ1v) is 19.6. The quantitative estimate of drug-likeness (QED) is 0.206. The number of ketones is 1. The highest BCUT2D eigenvalue weighted by Crippen LogP contribution is 2.35. The highest BCUT2D eigenvalue weighted by atomic mass is 35.5. The van der Waals surface area contributed by atoms with Crippen molar-refractivity contribution in [1.29, 1.82) is 0 Å². The summed E-state index contributed by atoms with van der Waals surface area (Å²) in [6.07, 6.45) is -1.29. The van der Waals surface area contributed by atoms with E-state index in [9.17, 15) is 24.9 Å². The van der Waals surface area contributed by atoms with Gasteiger partial charge in [0.2, 0.25) is 0 Å². The van der Waals surface area contributed by atoms with Gasteiger partial charge in [0.15, 0.2) is 18.4 Å². The summed E-state index contributed by atoms with van der Waals surface area (Å²) in [7, 11) is 6.56. The second kappa shape index (κ2) is 21.7. The van der Waals surface area contributed by atoms with Crippen LogP contribution in [0.4, 0.5) is 0 Å². The lowest BCUT2D eigenvalue weighted by molar-refractivity contribution is -0.304. The summed E-state index contributed by atoms with van der Waals surface area (Å²) < 4.78 is 42.2. The van der Waals surface area contributed by atoms with Gasteiger partial charge < -0.3 is 53.4 Å². The van der Waals surface area contributed by atoms with Crippen molar-refractivity contribution < 1.29 is 58.1 Å². The molecule has 4 unspecified atom stereocenters. The molecule has 0 aromatic carbocycles. The molecule has 0 amide bonds. The Labute approximate surface area is 321 Å². The molecule has 3 N–H and O–H groups in total. The molecule has 0 aliphatic carbocycles. The molecule has 16 atom stereocenters. The zero-order valence-corrected chi connectivity index (χ0v) is 34.0. The van der Waals surface area contributed by atoms with Crippen LogP contribution in [0, 0.1) is 23.7 Å². The number of likely N-dealkylation sites (N-methyl/N-ethyl adjacent to an activating group) is 1. The van der Waals surface area contributed by atoms with Crippen molar-refractivity contribution in [2.75, 3.05) is 40.8 Å². The van der Waals surface area contributed by atoms with E-state index in [2.05, 4.69) is 0 Å². The van der Waals surface area contributed by atoms with E-state index in [1.54, 1.807) is 45.0 Å². The van der Waals surface area contributed by atoms with Gasteiger partial charge in [-0.3, -0.25) is 9.59 Å². The summed E-state index contributed by atoms with van der Waals surface area (Å²) in [5, 5.41) is 32.7. The maximum Gasteiger partial charge on any atom is 0.306 e. The van der Waals surface area contributed by atoms with Crippen molar-refractivity contribution >= 4 is 23.4 Å². The van der Waals surface area contributed by atoms with Gasteiger partial charge in [0.1, 0.15) is 30.5 Å². The Balaban J connectivity index is 1.92. The summed E-state index contributed by atoms with van der Waals surface area (Å²) in [6, 6.07) is -0.627. The summed E-state index contributed by atoms with van der Waals surface area (Å²) in [5.41, 5.74) is 0.787. The van der Waals surface area contributed by atoms with Gasteiger partial charge in [0.25, 0.3) is 0 Å². The molecule has 306 valence electrons. The number of cyclic esters (lactones) is 1. The first kappa shape index (κ1) is 45.9. The smallest absolute Gasteiger partial charge is 0.306 e. The van der Waals surface area contributed by atoms with Gasteiger partial charge in [0.05, 0.1) is 37.1 Å². The number of aliphatic hydroxyl groups is 3. The number of carbonyl (C=O) groups excluding carboxylic acids is 2. The van der Waals surface area contributed by atoms with Crippen LogP contribution >= 0.6 is 11.6 Å². The fourth-order valence-electron chi connectivity index (χ4n) is 7.82. The van der Waals surface area contributed by atoms with Crippen LogP contribution in [0.5, 0.6) is 0 Å². The number of nitrogens with zero attached hydrogens (tertiary/aromatic N) is 1. The lowest BCUT2D eigenvalue weighted by Crippen LogP contribution is -2.63. The topological polar surface area (TPSA) is 163 Å². The predicted molar refractivity (Wildman–Crippen MR) is 199 cm³/mol. The van der Waals surface area contributed by atoms with Crippen LogP contribution in [0.25, 0.3) is 0 Å². The third-order valence-electron chi connectivity index (χ3n) is 11.1. The maximum atomic E-state index is 13.5. The molecule has 2 saturated heterocycles. The van der Waals surface area contributed by atoms with Crippen molar-refractivity contribution in [3.63, 3.8) is 0 Å². The summed E-state index contributed by atoms with van der Waals surface area (Å²) in [5.74, 6) is -1.32. The lowest BCUT2D eigenvalue weighted by Gasteiger charge is -2.46. The molecule has 3 rings (SSSR count). The fourth-order valence-corrected chi connectivity index (χ4v) is 8.10. The van der Waals surface area contributed by atoms with Gasteiger partial charge in [0, 0.05) is 38.4 Å². The molecule has 0 aromatic rings.